The molecule has 2 aliphatic heterocycles. The van der Waals surface area contributed by atoms with Gasteiger partial charge in [0.25, 0.3) is 5.69 Å². The number of aliphatic hydroxyl groups excluding tert-OH is 4. The lowest BCUT2D eigenvalue weighted by atomic mass is 9.93. The maximum absolute atomic E-state index is 11.7. The third kappa shape index (κ3) is 5.89. The third-order valence-electron chi connectivity index (χ3n) is 6.66. The molecule has 0 aliphatic carbocycles. The summed E-state index contributed by atoms with van der Waals surface area (Å²) in [5, 5.41) is 54.5. The van der Waals surface area contributed by atoms with Crippen molar-refractivity contribution in [3.8, 4) is 0 Å². The number of nitrogens with zero attached hydrogens (tertiary/aromatic N) is 3. The molecular weight excluding hydrogens is 456 g/mol. The highest BCUT2D eigenvalue weighted by Gasteiger charge is 2.40. The number of benzene rings is 2. The van der Waals surface area contributed by atoms with E-state index >= 15 is 0 Å². The number of anilines is 2. The maximum atomic E-state index is 11.7. The molecule has 4 rings (SSSR count). The Bertz CT molecular complexity index is 1000. The van der Waals surface area contributed by atoms with Crippen LogP contribution < -0.4 is 10.2 Å². The lowest BCUT2D eigenvalue weighted by molar-refractivity contribution is -0.383. The van der Waals surface area contributed by atoms with Gasteiger partial charge >= 0.3 is 0 Å². The van der Waals surface area contributed by atoms with E-state index in [9.17, 15) is 30.5 Å². The van der Waals surface area contributed by atoms with Crippen molar-refractivity contribution in [1.82, 2.24) is 4.90 Å². The number of likely N-dealkylation sites (tertiary alicyclic amines) is 1. The predicted molar refractivity (Wildman–Crippen MR) is 129 cm³/mol. The SMILES string of the molecule is O=[N+]([O-])c1cc(N2CCOCC2)ccc1NCc1ccc(CN2C[C@H](O)[C@@H](O)[C@H](O)[C@H]2CO)cc1. The number of rotatable bonds is 8. The molecule has 4 atom stereocenters. The van der Waals surface area contributed by atoms with Crippen molar-refractivity contribution in [3.05, 3.63) is 63.7 Å². The normalized spacial score (nSPS) is 25.4. The standard InChI is InChI=1S/C24H32N4O7/c29-15-21-23(31)24(32)22(30)14-27(21)13-17-3-1-16(2-4-17)12-25-19-6-5-18(11-20(19)28(33)34)26-7-9-35-10-8-26/h1-6,11,21-25,29-32H,7-10,12-15H2/t21-,22+,23-,24-/m1/s1. The van der Waals surface area contributed by atoms with Gasteiger partial charge in [0.15, 0.2) is 0 Å². The highest BCUT2D eigenvalue weighted by atomic mass is 16.6. The van der Waals surface area contributed by atoms with Gasteiger partial charge in [-0.25, -0.2) is 0 Å². The average Bonchev–Trinajstić information content (AvgIpc) is 2.87. The molecule has 2 heterocycles. The Kier molecular flexibility index (Phi) is 8.16. The van der Waals surface area contributed by atoms with Crippen LogP contribution in [0.15, 0.2) is 42.5 Å². The van der Waals surface area contributed by atoms with Crippen molar-refractivity contribution in [2.24, 2.45) is 0 Å². The number of piperidine rings is 1. The van der Waals surface area contributed by atoms with Gasteiger partial charge in [-0.2, -0.15) is 0 Å². The number of nitrogens with one attached hydrogen (secondary N) is 1. The molecule has 11 nitrogen and oxygen atoms in total. The van der Waals surface area contributed by atoms with Gasteiger partial charge in [-0.3, -0.25) is 15.0 Å². The second kappa shape index (κ2) is 11.3. The lowest BCUT2D eigenvalue weighted by Crippen LogP contribution is -2.62. The Morgan fingerprint density at radius 2 is 1.71 bits per heavy atom. The Balaban J connectivity index is 1.39. The van der Waals surface area contributed by atoms with E-state index in [4.69, 9.17) is 4.74 Å². The van der Waals surface area contributed by atoms with Crippen LogP contribution >= 0.6 is 0 Å². The molecule has 11 heteroatoms. The summed E-state index contributed by atoms with van der Waals surface area (Å²) in [5.74, 6) is 0. The van der Waals surface area contributed by atoms with E-state index in [1.54, 1.807) is 17.0 Å². The Morgan fingerprint density at radius 3 is 2.37 bits per heavy atom. The monoisotopic (exact) mass is 488 g/mol. The summed E-state index contributed by atoms with van der Waals surface area (Å²) >= 11 is 0. The summed E-state index contributed by atoms with van der Waals surface area (Å²) in [7, 11) is 0. The number of aliphatic hydroxyl groups is 4. The molecule has 0 aromatic heterocycles. The third-order valence-corrected chi connectivity index (χ3v) is 6.66. The van der Waals surface area contributed by atoms with Crippen LogP contribution in [0.1, 0.15) is 11.1 Å². The van der Waals surface area contributed by atoms with Crippen LogP contribution in [0.3, 0.4) is 0 Å². The first-order valence-electron chi connectivity index (χ1n) is 11.7. The number of hydrogen-bond donors (Lipinski definition) is 5. The average molecular weight is 489 g/mol. The first-order chi connectivity index (χ1) is 16.9. The van der Waals surface area contributed by atoms with Crippen molar-refractivity contribution >= 4 is 17.1 Å². The van der Waals surface area contributed by atoms with Gasteiger partial charge < -0.3 is 35.4 Å². The maximum Gasteiger partial charge on any atom is 0.294 e. The van der Waals surface area contributed by atoms with E-state index in [0.29, 0.717) is 45.1 Å². The van der Waals surface area contributed by atoms with Crippen molar-refractivity contribution < 1.29 is 30.1 Å². The molecule has 0 spiro atoms. The fraction of sp³-hybridized carbons (Fsp3) is 0.500. The summed E-state index contributed by atoms with van der Waals surface area (Å²) in [5.41, 5.74) is 3.09. The van der Waals surface area contributed by atoms with Gasteiger partial charge in [0.1, 0.15) is 17.9 Å². The molecule has 0 radical (unpaired) electrons. The Hall–Kier alpha value is -2.80. The zero-order chi connectivity index (χ0) is 24.9. The molecule has 2 saturated heterocycles. The molecule has 0 saturated carbocycles. The Labute approximate surface area is 203 Å². The minimum atomic E-state index is -1.29. The smallest absolute Gasteiger partial charge is 0.294 e. The van der Waals surface area contributed by atoms with Gasteiger partial charge in [-0.05, 0) is 23.3 Å². The number of hydrogen-bond acceptors (Lipinski definition) is 10. The molecular formula is C24H32N4O7. The number of ether oxygens (including phenoxy) is 1. The van der Waals surface area contributed by atoms with Gasteiger partial charge in [0, 0.05) is 44.5 Å². The highest BCUT2D eigenvalue weighted by Crippen LogP contribution is 2.30. The summed E-state index contributed by atoms with van der Waals surface area (Å²) in [6.45, 7) is 3.18. The van der Waals surface area contributed by atoms with Gasteiger partial charge in [-0.15, -0.1) is 0 Å². The molecule has 190 valence electrons. The van der Waals surface area contributed by atoms with Crippen LogP contribution in [0.5, 0.6) is 0 Å². The molecule has 35 heavy (non-hydrogen) atoms. The number of β-amino-alcohol motifs (C(OH)–C–C–N with tert-alkyl or cyclic N) is 1. The topological polar surface area (TPSA) is 152 Å². The molecule has 0 bridgehead atoms. The van der Waals surface area contributed by atoms with Crippen LogP contribution in [-0.2, 0) is 17.8 Å². The van der Waals surface area contributed by atoms with Gasteiger partial charge in [0.2, 0.25) is 0 Å². The second-order valence-corrected chi connectivity index (χ2v) is 8.96. The summed E-state index contributed by atoms with van der Waals surface area (Å²) in [6.07, 6.45) is -3.62. The lowest BCUT2D eigenvalue weighted by Gasteiger charge is -2.43. The van der Waals surface area contributed by atoms with Crippen LogP contribution in [0, 0.1) is 10.1 Å². The van der Waals surface area contributed by atoms with E-state index in [1.165, 1.54) is 0 Å². The van der Waals surface area contributed by atoms with Gasteiger partial charge in [0.05, 0.1) is 36.9 Å². The molecule has 2 fully saturated rings. The largest absolute Gasteiger partial charge is 0.395 e. The van der Waals surface area contributed by atoms with Crippen LogP contribution in [0.25, 0.3) is 0 Å². The number of nitro benzene ring substituents is 1. The first kappa shape index (κ1) is 25.3. The minimum Gasteiger partial charge on any atom is -0.395 e. The minimum absolute atomic E-state index is 0.0186. The molecule has 2 aromatic carbocycles. The van der Waals surface area contributed by atoms with Crippen LogP contribution in [-0.4, -0.2) is 94.1 Å². The molecule has 2 aliphatic rings. The van der Waals surface area contributed by atoms with Crippen LogP contribution in [0.4, 0.5) is 17.1 Å². The molecule has 0 unspecified atom stereocenters. The fourth-order valence-electron chi connectivity index (χ4n) is 4.59. The second-order valence-electron chi connectivity index (χ2n) is 8.96. The Morgan fingerprint density at radius 1 is 1.03 bits per heavy atom. The predicted octanol–water partition coefficient (Wildman–Crippen LogP) is 0.303. The number of nitro groups is 1. The van der Waals surface area contributed by atoms with Crippen molar-refractivity contribution in [2.45, 2.75) is 37.4 Å². The first-order valence-corrected chi connectivity index (χ1v) is 11.7. The zero-order valence-electron chi connectivity index (χ0n) is 19.4. The molecule has 5 N–H and O–H groups in total. The van der Waals surface area contributed by atoms with Crippen molar-refractivity contribution in [1.29, 1.82) is 0 Å². The van der Waals surface area contributed by atoms with Crippen molar-refractivity contribution in [3.63, 3.8) is 0 Å². The van der Waals surface area contributed by atoms with Gasteiger partial charge in [-0.1, -0.05) is 24.3 Å². The van der Waals surface area contributed by atoms with Crippen molar-refractivity contribution in [2.75, 3.05) is 49.7 Å². The summed E-state index contributed by atoms with van der Waals surface area (Å²) in [6, 6.07) is 12.1. The highest BCUT2D eigenvalue weighted by molar-refractivity contribution is 5.68. The van der Waals surface area contributed by atoms with E-state index in [-0.39, 0.29) is 23.8 Å². The molecule has 2 aromatic rings. The fourth-order valence-corrected chi connectivity index (χ4v) is 4.59. The zero-order valence-corrected chi connectivity index (χ0v) is 19.4. The van der Waals surface area contributed by atoms with E-state index in [0.717, 1.165) is 16.8 Å². The van der Waals surface area contributed by atoms with E-state index in [1.807, 2.05) is 30.3 Å². The van der Waals surface area contributed by atoms with E-state index in [2.05, 4.69) is 10.2 Å². The van der Waals surface area contributed by atoms with Crippen LogP contribution in [0.2, 0.25) is 0 Å². The summed E-state index contributed by atoms with van der Waals surface area (Å²) < 4.78 is 5.35. The quantitative estimate of drug-likeness (QED) is 0.259. The van der Waals surface area contributed by atoms with E-state index < -0.39 is 24.4 Å². The number of morpholine rings is 1. The summed E-state index contributed by atoms with van der Waals surface area (Å²) in [4.78, 5) is 15.1. The molecule has 0 amide bonds.